The van der Waals surface area contributed by atoms with Gasteiger partial charge in [0.25, 0.3) is 5.91 Å². The highest BCUT2D eigenvalue weighted by Gasteiger charge is 2.25. The van der Waals surface area contributed by atoms with Gasteiger partial charge in [0.15, 0.2) is 11.5 Å². The van der Waals surface area contributed by atoms with Crippen molar-refractivity contribution in [1.29, 1.82) is 0 Å². The summed E-state index contributed by atoms with van der Waals surface area (Å²) in [4.78, 5) is 19.2. The van der Waals surface area contributed by atoms with E-state index in [1.165, 1.54) is 17.3 Å². The van der Waals surface area contributed by atoms with E-state index < -0.39 is 0 Å². The molecule has 0 spiro atoms. The highest BCUT2D eigenvalue weighted by Crippen LogP contribution is 2.40. The van der Waals surface area contributed by atoms with E-state index in [9.17, 15) is 4.79 Å². The molecule has 1 saturated heterocycles. The fourth-order valence-electron chi connectivity index (χ4n) is 3.24. The largest absolute Gasteiger partial charge is 0.454 e. The minimum absolute atomic E-state index is 0.0781. The second-order valence-corrected chi connectivity index (χ2v) is 8.22. The first-order valence-electron chi connectivity index (χ1n) is 8.55. The standard InChI is InChI=1S/C19H20N2O3S2/c1-25-18-14(3-2-7-20-18)19(22)21-8-6-17(26-10-9-21)13-4-5-15-16(11-13)24-12-23-15/h2-5,7,11,17H,6,8-10,12H2,1H3. The van der Waals surface area contributed by atoms with Crippen molar-refractivity contribution in [3.8, 4) is 11.5 Å². The number of amides is 1. The molecule has 7 heteroatoms. The molecule has 1 unspecified atom stereocenters. The molecule has 4 rings (SSSR count). The number of hydrogen-bond donors (Lipinski definition) is 0. The van der Waals surface area contributed by atoms with Crippen LogP contribution in [0, 0.1) is 0 Å². The van der Waals surface area contributed by atoms with Gasteiger partial charge >= 0.3 is 0 Å². The van der Waals surface area contributed by atoms with Crippen LogP contribution in [-0.2, 0) is 0 Å². The van der Waals surface area contributed by atoms with Crippen LogP contribution < -0.4 is 9.47 Å². The van der Waals surface area contributed by atoms with Gasteiger partial charge in [-0.25, -0.2) is 4.98 Å². The molecule has 5 nitrogen and oxygen atoms in total. The van der Waals surface area contributed by atoms with Crippen molar-refractivity contribution in [2.24, 2.45) is 0 Å². The van der Waals surface area contributed by atoms with Crippen LogP contribution in [0.1, 0.15) is 27.6 Å². The monoisotopic (exact) mass is 388 g/mol. The van der Waals surface area contributed by atoms with Crippen molar-refractivity contribution in [1.82, 2.24) is 9.88 Å². The summed E-state index contributed by atoms with van der Waals surface area (Å²) in [5.74, 6) is 2.62. The number of fused-ring (bicyclic) bond motifs is 1. The molecule has 2 aromatic rings. The quantitative estimate of drug-likeness (QED) is 0.745. The topological polar surface area (TPSA) is 51.7 Å². The summed E-state index contributed by atoms with van der Waals surface area (Å²) in [5.41, 5.74) is 1.94. The molecule has 1 aromatic heterocycles. The fourth-order valence-corrected chi connectivity index (χ4v) is 5.00. The number of hydrogen-bond acceptors (Lipinski definition) is 6. The Morgan fingerprint density at radius 1 is 1.27 bits per heavy atom. The molecule has 1 aromatic carbocycles. The Kier molecular flexibility index (Phi) is 5.26. The number of rotatable bonds is 3. The molecule has 1 atom stereocenters. The first-order valence-corrected chi connectivity index (χ1v) is 10.8. The van der Waals surface area contributed by atoms with E-state index in [1.807, 2.05) is 41.1 Å². The molecule has 2 aliphatic heterocycles. The average Bonchev–Trinajstić information content (AvgIpc) is 3.02. The number of benzene rings is 1. The van der Waals surface area contributed by atoms with E-state index in [0.29, 0.717) is 17.6 Å². The molecule has 0 radical (unpaired) electrons. The molecule has 1 amide bonds. The third kappa shape index (κ3) is 3.50. The van der Waals surface area contributed by atoms with Crippen molar-refractivity contribution in [3.63, 3.8) is 0 Å². The minimum Gasteiger partial charge on any atom is -0.454 e. The number of thioether (sulfide) groups is 2. The van der Waals surface area contributed by atoms with Crippen LogP contribution in [-0.4, -0.2) is 47.7 Å². The van der Waals surface area contributed by atoms with Crippen LogP contribution in [0.3, 0.4) is 0 Å². The average molecular weight is 389 g/mol. The summed E-state index contributed by atoms with van der Waals surface area (Å²) in [7, 11) is 0. The van der Waals surface area contributed by atoms with Gasteiger partial charge in [-0.05, 0) is 42.5 Å². The molecule has 3 heterocycles. The summed E-state index contributed by atoms with van der Waals surface area (Å²) in [6.07, 6.45) is 4.61. The lowest BCUT2D eigenvalue weighted by molar-refractivity contribution is 0.0762. The summed E-state index contributed by atoms with van der Waals surface area (Å²) >= 11 is 3.41. The van der Waals surface area contributed by atoms with Gasteiger partial charge in [-0.2, -0.15) is 11.8 Å². The van der Waals surface area contributed by atoms with Crippen molar-refractivity contribution in [2.75, 3.05) is 31.9 Å². The first kappa shape index (κ1) is 17.5. The molecule has 0 saturated carbocycles. The fraction of sp³-hybridized carbons (Fsp3) is 0.368. The van der Waals surface area contributed by atoms with E-state index >= 15 is 0 Å². The third-order valence-electron chi connectivity index (χ3n) is 4.59. The van der Waals surface area contributed by atoms with Crippen molar-refractivity contribution < 1.29 is 14.3 Å². The molecular weight excluding hydrogens is 368 g/mol. The van der Waals surface area contributed by atoms with Crippen molar-refractivity contribution in [2.45, 2.75) is 16.7 Å². The van der Waals surface area contributed by atoms with E-state index in [-0.39, 0.29) is 5.91 Å². The second-order valence-electron chi connectivity index (χ2n) is 6.11. The first-order chi connectivity index (χ1) is 12.8. The number of ether oxygens (including phenoxy) is 2. The van der Waals surface area contributed by atoms with Crippen LogP contribution in [0.2, 0.25) is 0 Å². The molecule has 136 valence electrons. The highest BCUT2D eigenvalue weighted by atomic mass is 32.2. The van der Waals surface area contributed by atoms with Crippen molar-refractivity contribution >= 4 is 29.4 Å². The minimum atomic E-state index is 0.0781. The summed E-state index contributed by atoms with van der Waals surface area (Å²) < 4.78 is 10.9. The van der Waals surface area contributed by atoms with Gasteiger partial charge in [-0.1, -0.05) is 6.07 Å². The summed E-state index contributed by atoms with van der Waals surface area (Å²) in [6.45, 7) is 1.79. The van der Waals surface area contributed by atoms with Crippen LogP contribution in [0.5, 0.6) is 11.5 Å². The molecule has 0 bridgehead atoms. The predicted molar refractivity (Wildman–Crippen MR) is 104 cm³/mol. The predicted octanol–water partition coefficient (Wildman–Crippen LogP) is 3.85. The molecule has 1 fully saturated rings. The number of aromatic nitrogens is 1. The Hall–Kier alpha value is -1.86. The second kappa shape index (κ2) is 7.80. The number of nitrogens with zero attached hydrogens (tertiary/aromatic N) is 2. The Bertz CT molecular complexity index is 815. The molecule has 0 N–H and O–H groups in total. The maximum Gasteiger partial charge on any atom is 0.256 e. The zero-order chi connectivity index (χ0) is 17.9. The normalized spacial score (nSPS) is 19.3. The van der Waals surface area contributed by atoms with E-state index in [2.05, 4.69) is 17.1 Å². The molecule has 26 heavy (non-hydrogen) atoms. The van der Waals surface area contributed by atoms with Gasteiger partial charge in [0.2, 0.25) is 6.79 Å². The highest BCUT2D eigenvalue weighted by molar-refractivity contribution is 7.99. The lowest BCUT2D eigenvalue weighted by Gasteiger charge is -2.21. The van der Waals surface area contributed by atoms with Gasteiger partial charge in [0.05, 0.1) is 5.56 Å². The van der Waals surface area contributed by atoms with Crippen LogP contribution in [0.15, 0.2) is 41.6 Å². The lowest BCUT2D eigenvalue weighted by atomic mass is 10.1. The number of pyridine rings is 1. The van der Waals surface area contributed by atoms with E-state index in [1.54, 1.807) is 6.20 Å². The lowest BCUT2D eigenvalue weighted by Crippen LogP contribution is -2.33. The maximum atomic E-state index is 13.0. The Balaban J connectivity index is 1.47. The Morgan fingerprint density at radius 2 is 2.15 bits per heavy atom. The van der Waals surface area contributed by atoms with Gasteiger partial charge in [0.1, 0.15) is 5.03 Å². The summed E-state index contributed by atoms with van der Waals surface area (Å²) in [5, 5.41) is 1.15. The summed E-state index contributed by atoms with van der Waals surface area (Å²) in [6, 6.07) is 9.86. The number of carbonyl (C=O) groups excluding carboxylic acids is 1. The number of carbonyl (C=O) groups is 1. The maximum absolute atomic E-state index is 13.0. The van der Waals surface area contributed by atoms with Gasteiger partial charge in [0, 0.05) is 30.3 Å². The smallest absolute Gasteiger partial charge is 0.256 e. The SMILES string of the molecule is CSc1ncccc1C(=O)N1CCSC(c2ccc3c(c2)OCO3)CC1. The van der Waals surface area contributed by atoms with E-state index in [0.717, 1.165) is 41.8 Å². The van der Waals surface area contributed by atoms with Gasteiger partial charge in [-0.3, -0.25) is 4.79 Å². The van der Waals surface area contributed by atoms with Crippen LogP contribution in [0.25, 0.3) is 0 Å². The van der Waals surface area contributed by atoms with Crippen LogP contribution in [0.4, 0.5) is 0 Å². The molecular formula is C19H20N2O3S2. The third-order valence-corrected chi connectivity index (χ3v) is 6.63. The zero-order valence-electron chi connectivity index (χ0n) is 14.5. The van der Waals surface area contributed by atoms with E-state index in [4.69, 9.17) is 9.47 Å². The zero-order valence-corrected chi connectivity index (χ0v) is 16.1. The Morgan fingerprint density at radius 3 is 3.04 bits per heavy atom. The van der Waals surface area contributed by atoms with Gasteiger partial charge in [-0.15, -0.1) is 11.8 Å². The Labute approximate surface area is 161 Å². The molecule has 2 aliphatic rings. The van der Waals surface area contributed by atoms with Crippen LogP contribution >= 0.6 is 23.5 Å². The van der Waals surface area contributed by atoms with Crippen molar-refractivity contribution in [3.05, 3.63) is 47.7 Å². The molecule has 0 aliphatic carbocycles. The van der Waals surface area contributed by atoms with Gasteiger partial charge < -0.3 is 14.4 Å².